The summed E-state index contributed by atoms with van der Waals surface area (Å²) in [7, 11) is -1.79. The quantitative estimate of drug-likeness (QED) is 0.761. The molecule has 1 aliphatic carbocycles. The van der Waals surface area contributed by atoms with Gasteiger partial charge >= 0.3 is 0 Å². The van der Waals surface area contributed by atoms with Crippen LogP contribution in [0.5, 0.6) is 5.75 Å². The zero-order chi connectivity index (χ0) is 16.0. The number of benzene rings is 1. The van der Waals surface area contributed by atoms with E-state index in [4.69, 9.17) is 4.74 Å². The number of aromatic amines is 1. The highest BCUT2D eigenvalue weighted by Crippen LogP contribution is 2.33. The Hall–Kier alpha value is -1.83. The molecule has 1 aliphatic rings. The van der Waals surface area contributed by atoms with Crippen LogP contribution in [0.15, 0.2) is 39.9 Å². The van der Waals surface area contributed by atoms with Gasteiger partial charge in [0.1, 0.15) is 9.96 Å². The molecule has 0 fully saturated rings. The van der Waals surface area contributed by atoms with Crippen LogP contribution in [0.3, 0.4) is 0 Å². The predicted octanol–water partition coefficient (Wildman–Crippen LogP) is 2.68. The van der Waals surface area contributed by atoms with E-state index in [2.05, 4.69) is 9.71 Å². The number of hydrogen-bond donors (Lipinski definition) is 2. The van der Waals surface area contributed by atoms with Crippen molar-refractivity contribution < 1.29 is 13.2 Å². The fraction of sp³-hybridized carbons (Fsp3) is 0.250. The van der Waals surface area contributed by atoms with Crippen molar-refractivity contribution in [3.05, 3.63) is 47.0 Å². The van der Waals surface area contributed by atoms with Crippen LogP contribution in [0.2, 0.25) is 0 Å². The van der Waals surface area contributed by atoms with E-state index in [1.807, 2.05) is 18.2 Å². The number of hydrogen-bond acceptors (Lipinski definition) is 4. The minimum atomic E-state index is -3.43. The molecule has 120 valence electrons. The first kappa shape index (κ1) is 14.7. The zero-order valence-corrected chi connectivity index (χ0v) is 14.1. The summed E-state index contributed by atoms with van der Waals surface area (Å²) >= 11 is 1.23. The number of methoxy groups -OCH3 is 1. The van der Waals surface area contributed by atoms with Crippen LogP contribution in [0.4, 0.5) is 0 Å². The van der Waals surface area contributed by atoms with Gasteiger partial charge < -0.3 is 9.72 Å². The first-order valence-corrected chi connectivity index (χ1v) is 9.66. The Bertz CT molecular complexity index is 959. The lowest BCUT2D eigenvalue weighted by Crippen LogP contribution is -2.35. The molecule has 2 heterocycles. The van der Waals surface area contributed by atoms with Gasteiger partial charge in [0.25, 0.3) is 0 Å². The summed E-state index contributed by atoms with van der Waals surface area (Å²) in [5.41, 5.74) is 3.35. The van der Waals surface area contributed by atoms with E-state index in [9.17, 15) is 8.42 Å². The van der Waals surface area contributed by atoms with Gasteiger partial charge in [-0.25, -0.2) is 13.1 Å². The van der Waals surface area contributed by atoms with Crippen molar-refractivity contribution in [2.75, 3.05) is 7.11 Å². The molecule has 1 unspecified atom stereocenters. The number of sulfonamides is 1. The third-order valence-corrected chi connectivity index (χ3v) is 7.10. The molecule has 1 atom stereocenters. The Morgan fingerprint density at radius 3 is 2.91 bits per heavy atom. The second-order valence-corrected chi connectivity index (χ2v) is 8.54. The maximum Gasteiger partial charge on any atom is 0.250 e. The van der Waals surface area contributed by atoms with Gasteiger partial charge in [0.05, 0.1) is 7.11 Å². The normalized spacial score (nSPS) is 17.5. The van der Waals surface area contributed by atoms with Crippen molar-refractivity contribution >= 4 is 32.3 Å². The molecule has 3 aromatic rings. The topological polar surface area (TPSA) is 71.2 Å². The molecule has 0 saturated heterocycles. The summed E-state index contributed by atoms with van der Waals surface area (Å²) in [5, 5.41) is 2.88. The van der Waals surface area contributed by atoms with E-state index in [0.29, 0.717) is 17.1 Å². The van der Waals surface area contributed by atoms with Crippen molar-refractivity contribution in [2.45, 2.75) is 23.1 Å². The Morgan fingerprint density at radius 2 is 2.17 bits per heavy atom. The maximum absolute atomic E-state index is 12.4. The van der Waals surface area contributed by atoms with Gasteiger partial charge in [-0.2, -0.15) is 0 Å². The SMILES string of the molecule is COc1ccc2[nH]c3c(c2c1)CC(NS(=O)(=O)c1cccs1)C3. The lowest BCUT2D eigenvalue weighted by Gasteiger charge is -2.12. The van der Waals surface area contributed by atoms with E-state index in [1.54, 1.807) is 24.6 Å². The molecule has 0 bridgehead atoms. The lowest BCUT2D eigenvalue weighted by molar-refractivity contribution is 0.415. The van der Waals surface area contributed by atoms with Gasteiger partial charge in [0, 0.05) is 29.1 Å². The Kier molecular flexibility index (Phi) is 3.44. The van der Waals surface area contributed by atoms with Gasteiger partial charge in [0.2, 0.25) is 10.0 Å². The van der Waals surface area contributed by atoms with Gasteiger partial charge in [-0.1, -0.05) is 6.07 Å². The molecule has 0 spiro atoms. The third kappa shape index (κ3) is 2.54. The lowest BCUT2D eigenvalue weighted by atomic mass is 10.1. The first-order valence-electron chi connectivity index (χ1n) is 7.30. The monoisotopic (exact) mass is 348 g/mol. The minimum absolute atomic E-state index is 0.112. The van der Waals surface area contributed by atoms with Crippen molar-refractivity contribution in [3.63, 3.8) is 0 Å². The highest BCUT2D eigenvalue weighted by atomic mass is 32.2. The van der Waals surface area contributed by atoms with Gasteiger partial charge in [-0.05, 0) is 41.6 Å². The van der Waals surface area contributed by atoms with E-state index in [-0.39, 0.29) is 6.04 Å². The number of ether oxygens (including phenoxy) is 1. The molecular formula is C16H16N2O3S2. The van der Waals surface area contributed by atoms with E-state index in [1.165, 1.54) is 16.9 Å². The third-order valence-electron chi connectivity index (χ3n) is 4.18. The van der Waals surface area contributed by atoms with Crippen LogP contribution in [-0.4, -0.2) is 26.6 Å². The van der Waals surface area contributed by atoms with Crippen molar-refractivity contribution in [3.8, 4) is 5.75 Å². The van der Waals surface area contributed by atoms with Crippen LogP contribution < -0.4 is 9.46 Å². The predicted molar refractivity (Wildman–Crippen MR) is 90.7 cm³/mol. The second-order valence-electron chi connectivity index (χ2n) is 5.65. The van der Waals surface area contributed by atoms with E-state index >= 15 is 0 Å². The average molecular weight is 348 g/mol. The molecule has 2 N–H and O–H groups in total. The molecule has 0 radical (unpaired) electrons. The smallest absolute Gasteiger partial charge is 0.250 e. The highest BCUT2D eigenvalue weighted by Gasteiger charge is 2.29. The van der Waals surface area contributed by atoms with Gasteiger partial charge in [-0.3, -0.25) is 0 Å². The standard InChI is InChI=1S/C16H16N2O3S2/c1-21-11-4-5-14-13(9-11)12-7-10(8-15(12)17-14)18-23(19,20)16-3-2-6-22-16/h2-6,9-10,17-18H,7-8H2,1H3. The van der Waals surface area contributed by atoms with Crippen molar-refractivity contribution in [2.24, 2.45) is 0 Å². The fourth-order valence-corrected chi connectivity index (χ4v) is 5.40. The molecule has 0 saturated carbocycles. The van der Waals surface area contributed by atoms with Crippen molar-refractivity contribution in [1.82, 2.24) is 9.71 Å². The largest absolute Gasteiger partial charge is 0.497 e. The summed E-state index contributed by atoms with van der Waals surface area (Å²) in [6.45, 7) is 0. The molecule has 7 heteroatoms. The Labute approximate surface area is 138 Å². The number of fused-ring (bicyclic) bond motifs is 3. The Balaban J connectivity index is 1.61. The molecular weight excluding hydrogens is 332 g/mol. The number of nitrogens with one attached hydrogen (secondary N) is 2. The van der Waals surface area contributed by atoms with Gasteiger partial charge in [0.15, 0.2) is 0 Å². The molecule has 2 aromatic heterocycles. The van der Waals surface area contributed by atoms with Crippen LogP contribution >= 0.6 is 11.3 Å². The molecule has 4 rings (SSSR count). The molecule has 0 amide bonds. The van der Waals surface area contributed by atoms with Crippen LogP contribution in [0, 0.1) is 0 Å². The minimum Gasteiger partial charge on any atom is -0.497 e. The Morgan fingerprint density at radius 1 is 1.30 bits per heavy atom. The average Bonchev–Trinajstić information content (AvgIpc) is 3.21. The highest BCUT2D eigenvalue weighted by molar-refractivity contribution is 7.91. The summed E-state index contributed by atoms with van der Waals surface area (Å²) in [6.07, 6.45) is 1.37. The van der Waals surface area contributed by atoms with Crippen LogP contribution in [0.1, 0.15) is 11.3 Å². The number of aromatic nitrogens is 1. The number of H-pyrrole nitrogens is 1. The summed E-state index contributed by atoms with van der Waals surface area (Å²) in [6, 6.07) is 9.18. The first-order chi connectivity index (χ1) is 11.1. The maximum atomic E-state index is 12.4. The second kappa shape index (κ2) is 5.36. The zero-order valence-electron chi connectivity index (χ0n) is 12.5. The molecule has 5 nitrogen and oxygen atoms in total. The van der Waals surface area contributed by atoms with Crippen LogP contribution in [0.25, 0.3) is 10.9 Å². The van der Waals surface area contributed by atoms with Crippen molar-refractivity contribution in [1.29, 1.82) is 0 Å². The summed E-state index contributed by atoms with van der Waals surface area (Å²) in [4.78, 5) is 3.39. The van der Waals surface area contributed by atoms with Gasteiger partial charge in [-0.15, -0.1) is 11.3 Å². The van der Waals surface area contributed by atoms with E-state index in [0.717, 1.165) is 22.3 Å². The van der Waals surface area contributed by atoms with Crippen LogP contribution in [-0.2, 0) is 22.9 Å². The fourth-order valence-electron chi connectivity index (χ4n) is 3.16. The van der Waals surface area contributed by atoms with E-state index < -0.39 is 10.0 Å². The molecule has 0 aliphatic heterocycles. The number of thiophene rings is 1. The summed E-state index contributed by atoms with van der Waals surface area (Å²) in [5.74, 6) is 0.807. The summed E-state index contributed by atoms with van der Waals surface area (Å²) < 4.78 is 33.2. The molecule has 1 aromatic carbocycles. The number of rotatable bonds is 4. The molecule has 23 heavy (non-hydrogen) atoms.